The highest BCUT2D eigenvalue weighted by atomic mass is 32.1. The summed E-state index contributed by atoms with van der Waals surface area (Å²) in [5.74, 6) is 0.853. The van der Waals surface area contributed by atoms with Gasteiger partial charge in [0.1, 0.15) is 0 Å². The van der Waals surface area contributed by atoms with Crippen LogP contribution in [0.2, 0.25) is 0 Å². The molecule has 0 aromatic heterocycles. The van der Waals surface area contributed by atoms with Crippen LogP contribution in [0.4, 0.5) is 0 Å². The van der Waals surface area contributed by atoms with E-state index < -0.39 is 0 Å². The third-order valence-electron chi connectivity index (χ3n) is 3.42. The molecule has 0 aliphatic carbocycles. The first-order valence-electron chi connectivity index (χ1n) is 5.52. The molecule has 82 valence electrons. The molecule has 0 saturated carbocycles. The molecule has 3 rings (SSSR count). The summed E-state index contributed by atoms with van der Waals surface area (Å²) in [6, 6.07) is 15.1. The number of thiol groups is 1. The standard InChI is InChI=1S/C14H14OS/c16-10-14(8-15-9-14)13-6-5-11-3-1-2-4-12(11)7-13/h1-7,16H,8-10H2. The maximum Gasteiger partial charge on any atom is 0.0593 e. The average molecular weight is 230 g/mol. The average Bonchev–Trinajstić information content (AvgIpc) is 2.28. The van der Waals surface area contributed by atoms with Crippen LogP contribution in [0.5, 0.6) is 0 Å². The highest BCUT2D eigenvalue weighted by molar-refractivity contribution is 7.80. The van der Waals surface area contributed by atoms with Crippen LogP contribution in [0, 0.1) is 0 Å². The van der Waals surface area contributed by atoms with Crippen molar-refractivity contribution in [2.45, 2.75) is 5.41 Å². The van der Waals surface area contributed by atoms with E-state index in [1.165, 1.54) is 16.3 Å². The van der Waals surface area contributed by atoms with E-state index in [0.29, 0.717) is 0 Å². The van der Waals surface area contributed by atoms with Gasteiger partial charge in [-0.05, 0) is 16.3 Å². The third-order valence-corrected chi connectivity index (χ3v) is 4.03. The summed E-state index contributed by atoms with van der Waals surface area (Å²) in [5.41, 5.74) is 1.50. The lowest BCUT2D eigenvalue weighted by atomic mass is 9.80. The fourth-order valence-electron chi connectivity index (χ4n) is 2.22. The first-order valence-corrected chi connectivity index (χ1v) is 6.15. The minimum atomic E-state index is 0.146. The molecule has 0 unspecified atom stereocenters. The van der Waals surface area contributed by atoms with Crippen molar-refractivity contribution >= 4 is 23.4 Å². The second kappa shape index (κ2) is 3.79. The van der Waals surface area contributed by atoms with Crippen LogP contribution >= 0.6 is 12.6 Å². The molecular weight excluding hydrogens is 216 g/mol. The molecule has 0 atom stereocenters. The predicted octanol–water partition coefficient (Wildman–Crippen LogP) is 3.04. The Hall–Kier alpha value is -0.990. The third kappa shape index (κ3) is 1.45. The van der Waals surface area contributed by atoms with Gasteiger partial charge in [0.25, 0.3) is 0 Å². The van der Waals surface area contributed by atoms with Crippen molar-refractivity contribution in [1.82, 2.24) is 0 Å². The molecule has 0 spiro atoms. The quantitative estimate of drug-likeness (QED) is 0.780. The molecule has 1 aliphatic heterocycles. The van der Waals surface area contributed by atoms with Crippen molar-refractivity contribution in [1.29, 1.82) is 0 Å². The van der Waals surface area contributed by atoms with E-state index >= 15 is 0 Å². The summed E-state index contributed by atoms with van der Waals surface area (Å²) in [6.45, 7) is 1.60. The maximum atomic E-state index is 5.35. The smallest absolute Gasteiger partial charge is 0.0593 e. The molecule has 2 aromatic carbocycles. The van der Waals surface area contributed by atoms with Crippen LogP contribution < -0.4 is 0 Å². The monoisotopic (exact) mass is 230 g/mol. The van der Waals surface area contributed by atoms with Gasteiger partial charge in [-0.25, -0.2) is 0 Å². The Bertz CT molecular complexity index is 511. The molecule has 1 aliphatic rings. The van der Waals surface area contributed by atoms with Gasteiger partial charge in [0.2, 0.25) is 0 Å². The molecule has 1 saturated heterocycles. The molecule has 2 aromatic rings. The van der Waals surface area contributed by atoms with Gasteiger partial charge in [0.15, 0.2) is 0 Å². The molecule has 1 nitrogen and oxygen atoms in total. The number of rotatable bonds is 2. The van der Waals surface area contributed by atoms with Gasteiger partial charge >= 0.3 is 0 Å². The zero-order valence-electron chi connectivity index (χ0n) is 9.02. The van der Waals surface area contributed by atoms with Crippen molar-refractivity contribution in [3.8, 4) is 0 Å². The van der Waals surface area contributed by atoms with Gasteiger partial charge < -0.3 is 4.74 Å². The lowest BCUT2D eigenvalue weighted by molar-refractivity contribution is -0.0470. The van der Waals surface area contributed by atoms with E-state index in [-0.39, 0.29) is 5.41 Å². The SMILES string of the molecule is SCC1(c2ccc3ccccc3c2)COC1. The van der Waals surface area contributed by atoms with Crippen molar-refractivity contribution in [3.63, 3.8) is 0 Å². The van der Waals surface area contributed by atoms with Crippen LogP contribution in [0.15, 0.2) is 42.5 Å². The second-order valence-electron chi connectivity index (χ2n) is 4.49. The summed E-state index contributed by atoms with van der Waals surface area (Å²) < 4.78 is 5.35. The summed E-state index contributed by atoms with van der Waals surface area (Å²) in [5, 5.41) is 2.59. The van der Waals surface area contributed by atoms with E-state index in [0.717, 1.165) is 19.0 Å². The summed E-state index contributed by atoms with van der Waals surface area (Å²) >= 11 is 4.46. The van der Waals surface area contributed by atoms with Crippen molar-refractivity contribution in [2.24, 2.45) is 0 Å². The van der Waals surface area contributed by atoms with Crippen molar-refractivity contribution < 1.29 is 4.74 Å². The first kappa shape index (κ1) is 10.2. The first-order chi connectivity index (χ1) is 7.84. The molecule has 2 heteroatoms. The normalized spacial score (nSPS) is 18.3. The summed E-state index contributed by atoms with van der Waals surface area (Å²) in [4.78, 5) is 0. The highest BCUT2D eigenvalue weighted by Crippen LogP contribution is 2.34. The molecular formula is C14H14OS. The van der Waals surface area contributed by atoms with Crippen LogP contribution in [-0.4, -0.2) is 19.0 Å². The Morgan fingerprint density at radius 1 is 1.06 bits per heavy atom. The fourth-order valence-corrected chi connectivity index (χ4v) is 2.58. The molecule has 1 fully saturated rings. The number of hydrogen-bond acceptors (Lipinski definition) is 2. The topological polar surface area (TPSA) is 9.23 Å². The summed E-state index contributed by atoms with van der Waals surface area (Å²) in [6.07, 6.45) is 0. The van der Waals surface area contributed by atoms with Gasteiger partial charge in [-0.2, -0.15) is 12.6 Å². The van der Waals surface area contributed by atoms with Gasteiger partial charge in [-0.15, -0.1) is 0 Å². The van der Waals surface area contributed by atoms with Gasteiger partial charge in [-0.3, -0.25) is 0 Å². The van der Waals surface area contributed by atoms with Gasteiger partial charge in [0, 0.05) is 5.75 Å². The minimum absolute atomic E-state index is 0.146. The molecule has 16 heavy (non-hydrogen) atoms. The molecule has 1 heterocycles. The fraction of sp³-hybridized carbons (Fsp3) is 0.286. The van der Waals surface area contributed by atoms with Gasteiger partial charge in [0.05, 0.1) is 18.6 Å². The highest BCUT2D eigenvalue weighted by Gasteiger charge is 2.38. The van der Waals surface area contributed by atoms with Crippen LogP contribution in [-0.2, 0) is 10.2 Å². The Labute approximate surface area is 101 Å². The predicted molar refractivity (Wildman–Crippen MR) is 70.3 cm³/mol. The lowest BCUT2D eigenvalue weighted by Gasteiger charge is -2.41. The van der Waals surface area contributed by atoms with Crippen molar-refractivity contribution in [3.05, 3.63) is 48.0 Å². The summed E-state index contributed by atoms with van der Waals surface area (Å²) in [7, 11) is 0. The Morgan fingerprint density at radius 2 is 1.81 bits per heavy atom. The number of hydrogen-bond donors (Lipinski definition) is 1. The minimum Gasteiger partial charge on any atom is -0.379 e. The largest absolute Gasteiger partial charge is 0.379 e. The lowest BCUT2D eigenvalue weighted by Crippen LogP contribution is -2.48. The van der Waals surface area contributed by atoms with E-state index in [1.54, 1.807) is 0 Å². The Kier molecular flexibility index (Phi) is 2.41. The molecule has 0 N–H and O–H groups in total. The van der Waals surface area contributed by atoms with E-state index in [2.05, 4.69) is 55.1 Å². The Morgan fingerprint density at radius 3 is 2.44 bits per heavy atom. The van der Waals surface area contributed by atoms with Crippen LogP contribution in [0.25, 0.3) is 10.8 Å². The van der Waals surface area contributed by atoms with E-state index in [1.807, 2.05) is 0 Å². The van der Waals surface area contributed by atoms with E-state index in [4.69, 9.17) is 4.74 Å². The zero-order chi connectivity index (χ0) is 11.0. The van der Waals surface area contributed by atoms with Crippen LogP contribution in [0.1, 0.15) is 5.56 Å². The molecule has 0 bridgehead atoms. The molecule has 0 radical (unpaired) electrons. The number of fused-ring (bicyclic) bond motifs is 1. The number of benzene rings is 2. The Balaban J connectivity index is 2.11. The number of ether oxygens (including phenoxy) is 1. The maximum absolute atomic E-state index is 5.35. The van der Waals surface area contributed by atoms with Crippen LogP contribution in [0.3, 0.4) is 0 Å². The van der Waals surface area contributed by atoms with Gasteiger partial charge in [-0.1, -0.05) is 42.5 Å². The van der Waals surface area contributed by atoms with E-state index in [9.17, 15) is 0 Å². The second-order valence-corrected chi connectivity index (χ2v) is 4.81. The zero-order valence-corrected chi connectivity index (χ0v) is 9.91. The van der Waals surface area contributed by atoms with Crippen molar-refractivity contribution in [2.75, 3.05) is 19.0 Å². The molecule has 0 amide bonds.